The first-order valence-corrected chi connectivity index (χ1v) is 13.9. The van der Waals surface area contributed by atoms with E-state index in [1.165, 1.54) is 48.1 Å². The lowest BCUT2D eigenvalue weighted by Crippen LogP contribution is -2.46. The van der Waals surface area contributed by atoms with Crippen molar-refractivity contribution >= 4 is 23.4 Å². The van der Waals surface area contributed by atoms with Gasteiger partial charge in [-0.2, -0.15) is 0 Å². The van der Waals surface area contributed by atoms with Crippen LogP contribution in [0.5, 0.6) is 5.75 Å². The molecule has 1 unspecified atom stereocenters. The van der Waals surface area contributed by atoms with Crippen molar-refractivity contribution < 1.29 is 14.3 Å². The second kappa shape index (κ2) is 12.3. The van der Waals surface area contributed by atoms with Crippen LogP contribution in [0.4, 0.5) is 11.4 Å². The number of esters is 1. The van der Waals surface area contributed by atoms with E-state index in [1.54, 1.807) is 7.11 Å². The molecule has 3 aromatic carbocycles. The lowest BCUT2D eigenvalue weighted by atomic mass is 10.0. The van der Waals surface area contributed by atoms with Gasteiger partial charge < -0.3 is 19.3 Å². The van der Waals surface area contributed by atoms with Crippen molar-refractivity contribution in [1.29, 1.82) is 0 Å². The van der Waals surface area contributed by atoms with Crippen LogP contribution in [0.2, 0.25) is 0 Å². The number of methoxy groups -OCH3 is 1. The molecule has 1 heterocycles. The van der Waals surface area contributed by atoms with Gasteiger partial charge in [-0.05, 0) is 66.4 Å². The van der Waals surface area contributed by atoms with E-state index in [-0.39, 0.29) is 12.1 Å². The van der Waals surface area contributed by atoms with Crippen molar-refractivity contribution in [3.05, 3.63) is 95.1 Å². The average Bonchev–Trinajstić information content (AvgIpc) is 3.40. The predicted molar refractivity (Wildman–Crippen MR) is 155 cm³/mol. The minimum Gasteiger partial charge on any atom is -0.423 e. The van der Waals surface area contributed by atoms with Crippen LogP contribution in [-0.4, -0.2) is 39.3 Å². The highest BCUT2D eigenvalue weighted by Gasteiger charge is 2.25. The number of aryl methyl sites for hydroxylation is 1. The fourth-order valence-corrected chi connectivity index (χ4v) is 5.45. The van der Waals surface area contributed by atoms with E-state index in [4.69, 9.17) is 9.47 Å². The number of anilines is 2. The van der Waals surface area contributed by atoms with E-state index in [1.807, 2.05) is 48.5 Å². The molecule has 0 N–H and O–H groups in total. The van der Waals surface area contributed by atoms with Gasteiger partial charge in [-0.3, -0.25) is 0 Å². The molecule has 1 saturated heterocycles. The number of hydrogen-bond acceptors (Lipinski definition) is 5. The third kappa shape index (κ3) is 5.94. The summed E-state index contributed by atoms with van der Waals surface area (Å²) in [5.41, 5.74) is 6.80. The number of fused-ring (bicyclic) bond motifs is 1. The topological polar surface area (TPSA) is 42.0 Å². The van der Waals surface area contributed by atoms with Crippen LogP contribution in [0.1, 0.15) is 65.8 Å². The fourth-order valence-electron chi connectivity index (χ4n) is 5.45. The van der Waals surface area contributed by atoms with Crippen LogP contribution < -0.4 is 14.5 Å². The lowest BCUT2D eigenvalue weighted by Gasteiger charge is -2.38. The Hall–Kier alpha value is -3.57. The van der Waals surface area contributed by atoms with Gasteiger partial charge in [0.1, 0.15) is 11.9 Å². The molecular weight excluding hydrogens is 472 g/mol. The molecule has 1 aliphatic carbocycles. The molecule has 0 bridgehead atoms. The summed E-state index contributed by atoms with van der Waals surface area (Å²) in [6.45, 7) is 5.97. The van der Waals surface area contributed by atoms with E-state index in [9.17, 15) is 4.79 Å². The largest absolute Gasteiger partial charge is 0.423 e. The first-order valence-electron chi connectivity index (χ1n) is 13.9. The summed E-state index contributed by atoms with van der Waals surface area (Å²) in [7, 11) is 1.77. The van der Waals surface area contributed by atoms with E-state index in [0.717, 1.165) is 38.3 Å². The maximum absolute atomic E-state index is 12.7. The second-order valence-corrected chi connectivity index (χ2v) is 10.2. The molecule has 5 heteroatoms. The van der Waals surface area contributed by atoms with Crippen LogP contribution in [0, 0.1) is 0 Å². The van der Waals surface area contributed by atoms with Gasteiger partial charge in [0.25, 0.3) is 0 Å². The van der Waals surface area contributed by atoms with E-state index in [0.29, 0.717) is 11.3 Å². The van der Waals surface area contributed by atoms with Gasteiger partial charge in [-0.25, -0.2) is 4.79 Å². The quantitative estimate of drug-likeness (QED) is 0.166. The van der Waals surface area contributed by atoms with Crippen LogP contribution >= 0.6 is 0 Å². The van der Waals surface area contributed by atoms with Gasteiger partial charge in [0.15, 0.2) is 0 Å². The van der Waals surface area contributed by atoms with Crippen molar-refractivity contribution in [1.82, 2.24) is 0 Å². The van der Waals surface area contributed by atoms with E-state index < -0.39 is 0 Å². The Kier molecular flexibility index (Phi) is 8.44. The molecule has 1 aliphatic heterocycles. The number of carbonyl (C=O) groups is 1. The SMILES string of the molecule is CCCCCCc1ccc(C(=O)Oc2ccc(N3CCN(c4cccc5c4C(OC)C=C5)CC3)cc2)cc1. The van der Waals surface area contributed by atoms with Crippen molar-refractivity contribution in [2.75, 3.05) is 43.1 Å². The molecule has 5 nitrogen and oxygen atoms in total. The Morgan fingerprint density at radius 3 is 2.32 bits per heavy atom. The number of hydrogen-bond donors (Lipinski definition) is 0. The normalized spacial score (nSPS) is 16.5. The second-order valence-electron chi connectivity index (χ2n) is 10.2. The maximum Gasteiger partial charge on any atom is 0.343 e. The van der Waals surface area contributed by atoms with Crippen molar-refractivity contribution in [2.45, 2.75) is 45.1 Å². The Balaban J connectivity index is 1.14. The van der Waals surface area contributed by atoms with Gasteiger partial charge >= 0.3 is 5.97 Å². The Morgan fingerprint density at radius 1 is 0.868 bits per heavy atom. The molecule has 0 amide bonds. The lowest BCUT2D eigenvalue weighted by molar-refractivity contribution is 0.0734. The fraction of sp³-hybridized carbons (Fsp3) is 0.364. The van der Waals surface area contributed by atoms with Gasteiger partial charge in [-0.1, -0.05) is 62.6 Å². The molecule has 0 radical (unpaired) electrons. The van der Waals surface area contributed by atoms with E-state index >= 15 is 0 Å². The number of carbonyl (C=O) groups excluding carboxylic acids is 1. The molecule has 0 saturated carbocycles. The van der Waals surface area contributed by atoms with Crippen molar-refractivity contribution in [2.24, 2.45) is 0 Å². The van der Waals surface area contributed by atoms with Crippen LogP contribution in [-0.2, 0) is 11.2 Å². The molecule has 1 atom stereocenters. The summed E-state index contributed by atoms with van der Waals surface area (Å²) >= 11 is 0. The number of piperazine rings is 1. The number of unbranched alkanes of at least 4 members (excludes halogenated alkanes) is 3. The Morgan fingerprint density at radius 2 is 1.61 bits per heavy atom. The average molecular weight is 511 g/mol. The third-order valence-corrected chi connectivity index (χ3v) is 7.65. The van der Waals surface area contributed by atoms with Crippen molar-refractivity contribution in [3.8, 4) is 5.75 Å². The number of nitrogens with zero attached hydrogens (tertiary/aromatic N) is 2. The van der Waals surface area contributed by atoms with Crippen LogP contribution in [0.25, 0.3) is 6.08 Å². The zero-order valence-electron chi connectivity index (χ0n) is 22.6. The van der Waals surface area contributed by atoms with Crippen molar-refractivity contribution in [3.63, 3.8) is 0 Å². The Labute approximate surface area is 226 Å². The van der Waals surface area contributed by atoms with Gasteiger partial charge in [0, 0.05) is 50.2 Å². The first-order chi connectivity index (χ1) is 18.7. The molecule has 198 valence electrons. The molecular formula is C33H38N2O3. The molecule has 0 spiro atoms. The van der Waals surface area contributed by atoms with Gasteiger partial charge in [0.05, 0.1) is 5.56 Å². The molecule has 1 fully saturated rings. The molecule has 5 rings (SSSR count). The molecule has 2 aliphatic rings. The van der Waals surface area contributed by atoms with Crippen LogP contribution in [0.15, 0.2) is 72.8 Å². The number of benzene rings is 3. The summed E-state index contributed by atoms with van der Waals surface area (Å²) in [5, 5.41) is 0. The maximum atomic E-state index is 12.7. The predicted octanol–water partition coefficient (Wildman–Crippen LogP) is 7.07. The minimum atomic E-state index is -0.317. The number of ether oxygens (including phenoxy) is 2. The standard InChI is InChI=1S/C33H38N2O3/c1-3-4-5-6-8-25-11-13-27(14-12-25)33(36)38-29-18-16-28(17-19-29)34-21-23-35(24-22-34)30-10-7-9-26-15-20-31(37-2)32(26)30/h7,9-20,31H,3-6,8,21-24H2,1-2H3. The molecule has 3 aromatic rings. The zero-order valence-corrected chi connectivity index (χ0v) is 22.6. The molecule has 0 aromatic heterocycles. The summed E-state index contributed by atoms with van der Waals surface area (Å²) in [5.74, 6) is 0.252. The highest BCUT2D eigenvalue weighted by atomic mass is 16.5. The summed E-state index contributed by atoms with van der Waals surface area (Å²) < 4.78 is 11.3. The summed E-state index contributed by atoms with van der Waals surface area (Å²) in [6, 6.07) is 22.2. The third-order valence-electron chi connectivity index (χ3n) is 7.65. The summed E-state index contributed by atoms with van der Waals surface area (Å²) in [6.07, 6.45) is 10.3. The Bertz CT molecular complexity index is 1240. The highest BCUT2D eigenvalue weighted by molar-refractivity contribution is 5.91. The molecule has 38 heavy (non-hydrogen) atoms. The van der Waals surface area contributed by atoms with Gasteiger partial charge in [0.2, 0.25) is 0 Å². The van der Waals surface area contributed by atoms with Crippen LogP contribution in [0.3, 0.4) is 0 Å². The van der Waals surface area contributed by atoms with E-state index in [2.05, 4.69) is 47.1 Å². The number of rotatable bonds is 10. The monoisotopic (exact) mass is 510 g/mol. The minimum absolute atomic E-state index is 0.0305. The van der Waals surface area contributed by atoms with Gasteiger partial charge in [-0.15, -0.1) is 0 Å². The summed E-state index contributed by atoms with van der Waals surface area (Å²) in [4.78, 5) is 17.5. The first kappa shape index (κ1) is 26.1. The smallest absolute Gasteiger partial charge is 0.343 e. The highest BCUT2D eigenvalue weighted by Crippen LogP contribution is 2.38. The zero-order chi connectivity index (χ0) is 26.3.